The van der Waals surface area contributed by atoms with Crippen molar-refractivity contribution in [2.75, 3.05) is 0 Å². The maximum absolute atomic E-state index is 11.7. The molecule has 0 spiro atoms. The van der Waals surface area contributed by atoms with E-state index < -0.39 is 12.1 Å². The molecule has 1 N–H and O–H groups in total. The zero-order valence-electron chi connectivity index (χ0n) is 14.5. The first-order valence-electron chi connectivity index (χ1n) is 8.39. The van der Waals surface area contributed by atoms with Crippen LogP contribution in [0.1, 0.15) is 11.1 Å². The number of benzene rings is 3. The molecular weight excluding hydrogens is 328 g/mol. The van der Waals surface area contributed by atoms with Gasteiger partial charge in [0.05, 0.1) is 0 Å². The number of ether oxygens (including phenoxy) is 2. The van der Waals surface area contributed by atoms with E-state index in [-0.39, 0.29) is 6.42 Å². The highest BCUT2D eigenvalue weighted by Crippen LogP contribution is 2.27. The summed E-state index contributed by atoms with van der Waals surface area (Å²) in [5.74, 6) is 0.851. The van der Waals surface area contributed by atoms with E-state index in [1.807, 2.05) is 79.7 Å². The van der Waals surface area contributed by atoms with Crippen LogP contribution in [0.3, 0.4) is 0 Å². The molecule has 3 aromatic carbocycles. The van der Waals surface area contributed by atoms with Gasteiger partial charge in [0.15, 0.2) is 6.10 Å². The van der Waals surface area contributed by atoms with Crippen molar-refractivity contribution in [3.8, 4) is 17.2 Å². The number of para-hydroxylation sites is 2. The first-order chi connectivity index (χ1) is 12.6. The van der Waals surface area contributed by atoms with Crippen LogP contribution >= 0.6 is 0 Å². The van der Waals surface area contributed by atoms with E-state index >= 15 is 0 Å². The van der Waals surface area contributed by atoms with E-state index in [9.17, 15) is 9.90 Å². The van der Waals surface area contributed by atoms with Crippen molar-refractivity contribution in [3.05, 3.63) is 90.0 Å². The molecule has 0 saturated carbocycles. The fourth-order valence-electron chi connectivity index (χ4n) is 2.62. The lowest BCUT2D eigenvalue weighted by Crippen LogP contribution is -2.29. The van der Waals surface area contributed by atoms with Crippen LogP contribution in [-0.4, -0.2) is 17.2 Å². The lowest BCUT2D eigenvalue weighted by Gasteiger charge is -2.17. The predicted molar refractivity (Wildman–Crippen MR) is 99.9 cm³/mol. The smallest absolute Gasteiger partial charge is 0.345 e. The summed E-state index contributed by atoms with van der Waals surface area (Å²) in [6, 6.07) is 24.2. The van der Waals surface area contributed by atoms with Crippen molar-refractivity contribution in [1.82, 2.24) is 0 Å². The van der Waals surface area contributed by atoms with Crippen molar-refractivity contribution in [1.29, 1.82) is 0 Å². The minimum atomic E-state index is -1.01. The van der Waals surface area contributed by atoms with Gasteiger partial charge in [-0.25, -0.2) is 4.79 Å². The second-order valence-electron chi connectivity index (χ2n) is 5.99. The van der Waals surface area contributed by atoms with Crippen molar-refractivity contribution >= 4 is 5.97 Å². The first-order valence-corrected chi connectivity index (χ1v) is 8.39. The van der Waals surface area contributed by atoms with Gasteiger partial charge in [0.1, 0.15) is 17.2 Å². The van der Waals surface area contributed by atoms with E-state index in [0.29, 0.717) is 17.2 Å². The van der Waals surface area contributed by atoms with Gasteiger partial charge < -0.3 is 14.6 Å². The zero-order valence-corrected chi connectivity index (χ0v) is 14.5. The van der Waals surface area contributed by atoms with Crippen LogP contribution in [0.4, 0.5) is 0 Å². The van der Waals surface area contributed by atoms with Gasteiger partial charge in [0.25, 0.3) is 0 Å². The average molecular weight is 348 g/mol. The molecule has 4 heteroatoms. The van der Waals surface area contributed by atoms with E-state index in [0.717, 1.165) is 11.1 Å². The summed E-state index contributed by atoms with van der Waals surface area (Å²) >= 11 is 0. The maximum atomic E-state index is 11.7. The molecule has 0 amide bonds. The Bertz CT molecular complexity index is 874. The first kappa shape index (κ1) is 17.5. The fraction of sp³-hybridized carbons (Fsp3) is 0.136. The second-order valence-corrected chi connectivity index (χ2v) is 5.99. The molecule has 0 aliphatic rings. The molecule has 0 saturated heterocycles. The fourth-order valence-corrected chi connectivity index (χ4v) is 2.62. The Morgan fingerprint density at radius 2 is 1.62 bits per heavy atom. The van der Waals surface area contributed by atoms with E-state index in [1.165, 1.54) is 0 Å². The molecule has 26 heavy (non-hydrogen) atoms. The minimum absolute atomic E-state index is 0.201. The normalized spacial score (nSPS) is 11.6. The minimum Gasteiger partial charge on any atom is -0.478 e. The van der Waals surface area contributed by atoms with Gasteiger partial charge in [-0.2, -0.15) is 0 Å². The van der Waals surface area contributed by atoms with Gasteiger partial charge in [0, 0.05) is 6.42 Å². The van der Waals surface area contributed by atoms with Crippen LogP contribution in [0.5, 0.6) is 17.2 Å². The molecule has 0 aromatic heterocycles. The standard InChI is InChI=1S/C22H20O4/c1-16-8-7-12-19(14-16)26-21(22(23)24)15-17-9-5-6-13-20(17)25-18-10-3-2-4-11-18/h2-14,21H,15H2,1H3,(H,23,24)/t21-/m0/s1. The number of carboxylic acids is 1. The Hall–Kier alpha value is -3.27. The van der Waals surface area contributed by atoms with Crippen molar-refractivity contribution in [2.24, 2.45) is 0 Å². The molecule has 0 bridgehead atoms. The molecule has 3 rings (SSSR count). The van der Waals surface area contributed by atoms with Gasteiger partial charge in [-0.05, 0) is 48.4 Å². The molecule has 0 aliphatic heterocycles. The molecule has 0 aliphatic carbocycles. The number of carbonyl (C=O) groups is 1. The van der Waals surface area contributed by atoms with Gasteiger partial charge >= 0.3 is 5.97 Å². The SMILES string of the molecule is Cc1cccc(O[C@@H](Cc2ccccc2Oc2ccccc2)C(=O)O)c1. The van der Waals surface area contributed by atoms with Gasteiger partial charge in [-0.1, -0.05) is 48.5 Å². The highest BCUT2D eigenvalue weighted by atomic mass is 16.5. The number of hydrogen-bond donors (Lipinski definition) is 1. The lowest BCUT2D eigenvalue weighted by molar-refractivity contribution is -0.145. The highest BCUT2D eigenvalue weighted by Gasteiger charge is 2.22. The summed E-state index contributed by atoms with van der Waals surface area (Å²) < 4.78 is 11.6. The quantitative estimate of drug-likeness (QED) is 0.662. The largest absolute Gasteiger partial charge is 0.478 e. The molecule has 4 nitrogen and oxygen atoms in total. The summed E-state index contributed by atoms with van der Waals surface area (Å²) in [5.41, 5.74) is 1.79. The third-order valence-electron chi connectivity index (χ3n) is 3.89. The van der Waals surface area contributed by atoms with Gasteiger partial charge in [0.2, 0.25) is 0 Å². The molecule has 132 valence electrons. The average Bonchev–Trinajstić information content (AvgIpc) is 2.63. The van der Waals surface area contributed by atoms with Crippen LogP contribution in [0.15, 0.2) is 78.9 Å². The van der Waals surface area contributed by atoms with Crippen molar-refractivity contribution in [3.63, 3.8) is 0 Å². The zero-order chi connectivity index (χ0) is 18.4. The maximum Gasteiger partial charge on any atom is 0.345 e. The molecular formula is C22H20O4. The Kier molecular flexibility index (Phi) is 5.54. The Morgan fingerprint density at radius 1 is 0.923 bits per heavy atom. The van der Waals surface area contributed by atoms with E-state index in [4.69, 9.17) is 9.47 Å². The van der Waals surface area contributed by atoms with E-state index in [2.05, 4.69) is 0 Å². The highest BCUT2D eigenvalue weighted by molar-refractivity contribution is 5.73. The number of rotatable bonds is 7. The monoisotopic (exact) mass is 348 g/mol. The van der Waals surface area contributed by atoms with Crippen LogP contribution < -0.4 is 9.47 Å². The predicted octanol–water partition coefficient (Wildman–Crippen LogP) is 4.86. The molecule has 3 aromatic rings. The van der Waals surface area contributed by atoms with Crippen LogP contribution in [0.25, 0.3) is 0 Å². The van der Waals surface area contributed by atoms with Crippen LogP contribution in [-0.2, 0) is 11.2 Å². The topological polar surface area (TPSA) is 55.8 Å². The number of carboxylic acid groups (broad SMARTS) is 1. The number of aryl methyl sites for hydroxylation is 1. The molecule has 0 fully saturated rings. The van der Waals surface area contributed by atoms with Gasteiger partial charge in [-0.15, -0.1) is 0 Å². The van der Waals surface area contributed by atoms with E-state index in [1.54, 1.807) is 6.07 Å². The Labute approximate surface area is 152 Å². The number of hydrogen-bond acceptors (Lipinski definition) is 3. The Balaban J connectivity index is 1.80. The third kappa shape index (κ3) is 4.63. The van der Waals surface area contributed by atoms with Crippen molar-refractivity contribution in [2.45, 2.75) is 19.4 Å². The van der Waals surface area contributed by atoms with Gasteiger partial charge in [-0.3, -0.25) is 0 Å². The molecule has 1 atom stereocenters. The lowest BCUT2D eigenvalue weighted by atomic mass is 10.1. The summed E-state index contributed by atoms with van der Waals surface area (Å²) in [6.45, 7) is 1.94. The number of aliphatic carboxylic acids is 1. The molecule has 0 heterocycles. The van der Waals surface area contributed by atoms with Crippen molar-refractivity contribution < 1.29 is 19.4 Å². The summed E-state index contributed by atoms with van der Waals surface area (Å²) in [5, 5.41) is 9.58. The third-order valence-corrected chi connectivity index (χ3v) is 3.89. The molecule has 0 radical (unpaired) electrons. The van der Waals surface area contributed by atoms with Crippen LogP contribution in [0.2, 0.25) is 0 Å². The van der Waals surface area contributed by atoms with Crippen LogP contribution in [0, 0.1) is 6.92 Å². The summed E-state index contributed by atoms with van der Waals surface area (Å²) in [7, 11) is 0. The summed E-state index contributed by atoms with van der Waals surface area (Å²) in [6.07, 6.45) is -0.802. The Morgan fingerprint density at radius 3 is 2.35 bits per heavy atom. The summed E-state index contributed by atoms with van der Waals surface area (Å²) in [4.78, 5) is 11.7. The second kappa shape index (κ2) is 8.21. The molecule has 0 unspecified atom stereocenters.